The van der Waals surface area contributed by atoms with Crippen molar-refractivity contribution in [3.05, 3.63) is 11.3 Å². The smallest absolute Gasteiger partial charge is 0.168 e. The average Bonchev–Trinajstić information content (AvgIpc) is 2.56. The fourth-order valence-corrected chi connectivity index (χ4v) is 4.22. The first-order chi connectivity index (χ1) is 12.2. The molecule has 0 aromatic rings. The molecule has 0 amide bonds. The summed E-state index contributed by atoms with van der Waals surface area (Å²) in [5, 5.41) is 0. The van der Waals surface area contributed by atoms with Crippen LogP contribution in [0.5, 0.6) is 0 Å². The van der Waals surface area contributed by atoms with Crippen molar-refractivity contribution in [1.29, 1.82) is 0 Å². The first-order valence-corrected chi connectivity index (χ1v) is 10.1. The largest absolute Gasteiger partial charge is 0.373 e. The maximum Gasteiger partial charge on any atom is 0.168 e. The Bertz CT molecular complexity index is 519. The molecule has 2 rings (SSSR count). The number of carbonyl (C=O) groups excluding carboxylic acids is 2. The quantitative estimate of drug-likeness (QED) is 0.436. The van der Waals surface area contributed by atoms with E-state index in [1.807, 2.05) is 13.8 Å². The van der Waals surface area contributed by atoms with Crippen LogP contribution in [0.1, 0.15) is 79.6 Å². The number of allylic oxidation sites excluding steroid dienone is 2. The van der Waals surface area contributed by atoms with E-state index < -0.39 is 0 Å². The summed E-state index contributed by atoms with van der Waals surface area (Å²) >= 11 is 0. The third-order valence-electron chi connectivity index (χ3n) is 5.35. The van der Waals surface area contributed by atoms with E-state index in [2.05, 4.69) is 26.3 Å². The van der Waals surface area contributed by atoms with Crippen LogP contribution in [0.25, 0.3) is 0 Å². The SMILES string of the molecule is CCONC(CC)=C1C(=O)CC(C2CCC(OC(C)(C)C)CC2)CC1=O. The molecule has 0 aliphatic heterocycles. The van der Waals surface area contributed by atoms with Crippen LogP contribution >= 0.6 is 0 Å². The van der Waals surface area contributed by atoms with E-state index >= 15 is 0 Å². The van der Waals surface area contributed by atoms with Crippen LogP contribution in [0.4, 0.5) is 0 Å². The van der Waals surface area contributed by atoms with Gasteiger partial charge in [0.15, 0.2) is 11.6 Å². The first-order valence-electron chi connectivity index (χ1n) is 10.1. The summed E-state index contributed by atoms with van der Waals surface area (Å²) in [6.45, 7) is 10.6. The maximum atomic E-state index is 12.7. The number of nitrogens with one attached hydrogen (secondary N) is 1. The number of hydrogen-bond acceptors (Lipinski definition) is 5. The van der Waals surface area contributed by atoms with Gasteiger partial charge in [-0.15, -0.1) is 0 Å². The summed E-state index contributed by atoms with van der Waals surface area (Å²) < 4.78 is 6.09. The Morgan fingerprint density at radius 1 is 1.00 bits per heavy atom. The molecule has 0 heterocycles. The number of hydroxylamine groups is 1. The van der Waals surface area contributed by atoms with Crippen molar-refractivity contribution in [1.82, 2.24) is 5.48 Å². The zero-order valence-corrected chi connectivity index (χ0v) is 17.0. The fourth-order valence-electron chi connectivity index (χ4n) is 4.22. The molecule has 26 heavy (non-hydrogen) atoms. The number of ether oxygens (including phenoxy) is 1. The van der Waals surface area contributed by atoms with Crippen LogP contribution in [0, 0.1) is 11.8 Å². The molecular weight excluding hydrogens is 330 g/mol. The summed E-state index contributed by atoms with van der Waals surface area (Å²) in [6, 6.07) is 0. The number of Topliss-reactive ketones (excluding diaryl/α,β-unsaturated/α-hetero) is 2. The highest BCUT2D eigenvalue weighted by Gasteiger charge is 2.38. The van der Waals surface area contributed by atoms with Gasteiger partial charge in [0, 0.05) is 12.8 Å². The van der Waals surface area contributed by atoms with Gasteiger partial charge in [0.1, 0.15) is 0 Å². The van der Waals surface area contributed by atoms with Crippen molar-refractivity contribution < 1.29 is 19.2 Å². The molecule has 0 aromatic heterocycles. The highest BCUT2D eigenvalue weighted by Crippen LogP contribution is 2.39. The topological polar surface area (TPSA) is 64.6 Å². The van der Waals surface area contributed by atoms with Gasteiger partial charge in [0.05, 0.1) is 29.6 Å². The van der Waals surface area contributed by atoms with Crippen molar-refractivity contribution in [3.63, 3.8) is 0 Å². The summed E-state index contributed by atoms with van der Waals surface area (Å²) in [5.41, 5.74) is 3.64. The molecule has 2 aliphatic rings. The predicted molar refractivity (Wildman–Crippen MR) is 101 cm³/mol. The Kier molecular flexibility index (Phi) is 7.42. The zero-order valence-electron chi connectivity index (χ0n) is 17.0. The molecule has 2 fully saturated rings. The lowest BCUT2D eigenvalue weighted by Crippen LogP contribution is -2.36. The molecule has 0 atom stereocenters. The van der Waals surface area contributed by atoms with Gasteiger partial charge in [-0.3, -0.25) is 19.9 Å². The molecule has 2 aliphatic carbocycles. The predicted octanol–water partition coefficient (Wildman–Crippen LogP) is 4.11. The number of ketones is 2. The highest BCUT2D eigenvalue weighted by atomic mass is 16.6. The summed E-state index contributed by atoms with van der Waals surface area (Å²) in [6.07, 6.45) is 5.99. The van der Waals surface area contributed by atoms with Gasteiger partial charge in [-0.25, -0.2) is 0 Å². The van der Waals surface area contributed by atoms with Gasteiger partial charge < -0.3 is 4.74 Å². The van der Waals surface area contributed by atoms with Crippen LogP contribution in [0.3, 0.4) is 0 Å². The minimum Gasteiger partial charge on any atom is -0.373 e. The lowest BCUT2D eigenvalue weighted by atomic mass is 9.70. The van der Waals surface area contributed by atoms with Crippen LogP contribution in [-0.2, 0) is 19.2 Å². The number of hydrogen-bond donors (Lipinski definition) is 1. The molecule has 0 radical (unpaired) electrons. The van der Waals surface area contributed by atoms with Crippen molar-refractivity contribution in [2.45, 2.75) is 91.3 Å². The molecule has 2 saturated carbocycles. The van der Waals surface area contributed by atoms with Crippen LogP contribution in [0.15, 0.2) is 11.3 Å². The Labute approximate surface area is 157 Å². The third-order valence-corrected chi connectivity index (χ3v) is 5.35. The van der Waals surface area contributed by atoms with Crippen molar-refractivity contribution in [2.24, 2.45) is 11.8 Å². The lowest BCUT2D eigenvalue weighted by Gasteiger charge is -2.37. The molecule has 1 N–H and O–H groups in total. The van der Waals surface area contributed by atoms with E-state index in [0.29, 0.717) is 49.2 Å². The molecule has 148 valence electrons. The molecule has 0 bridgehead atoms. The molecular formula is C21H35NO4. The Balaban J connectivity index is 1.96. The second kappa shape index (κ2) is 9.14. The standard InChI is InChI=1S/C21H35NO4/c1-6-17(22-25-7-2)20-18(23)12-15(13-19(20)24)14-8-10-16(11-9-14)26-21(3,4)5/h14-16,22H,6-13H2,1-5H3. The maximum absolute atomic E-state index is 12.7. The lowest BCUT2D eigenvalue weighted by molar-refractivity contribution is -0.127. The monoisotopic (exact) mass is 365 g/mol. The van der Waals surface area contributed by atoms with E-state index in [4.69, 9.17) is 9.57 Å². The van der Waals surface area contributed by atoms with Crippen LogP contribution in [-0.4, -0.2) is 29.9 Å². The molecule has 0 spiro atoms. The van der Waals surface area contributed by atoms with Crippen molar-refractivity contribution in [3.8, 4) is 0 Å². The Morgan fingerprint density at radius 3 is 2.04 bits per heavy atom. The van der Waals surface area contributed by atoms with E-state index in [9.17, 15) is 9.59 Å². The number of rotatable bonds is 6. The van der Waals surface area contributed by atoms with Crippen LogP contribution < -0.4 is 5.48 Å². The molecule has 0 unspecified atom stereocenters. The van der Waals surface area contributed by atoms with E-state index in [-0.39, 0.29) is 23.1 Å². The highest BCUT2D eigenvalue weighted by molar-refractivity contribution is 6.22. The second-order valence-electron chi connectivity index (χ2n) is 8.52. The van der Waals surface area contributed by atoms with Gasteiger partial charge in [-0.2, -0.15) is 0 Å². The van der Waals surface area contributed by atoms with Gasteiger partial charge in [-0.1, -0.05) is 6.92 Å². The average molecular weight is 366 g/mol. The fraction of sp³-hybridized carbons (Fsp3) is 0.810. The normalized spacial score (nSPS) is 27.6. The molecule has 5 heteroatoms. The van der Waals surface area contributed by atoms with E-state index in [1.54, 1.807) is 0 Å². The van der Waals surface area contributed by atoms with E-state index in [1.165, 1.54) is 0 Å². The van der Waals surface area contributed by atoms with Crippen molar-refractivity contribution in [2.75, 3.05) is 6.61 Å². The second-order valence-corrected chi connectivity index (χ2v) is 8.52. The van der Waals surface area contributed by atoms with Gasteiger partial charge in [0.25, 0.3) is 0 Å². The Hall–Kier alpha value is -1.20. The molecule has 0 aromatic carbocycles. The zero-order chi connectivity index (χ0) is 19.3. The van der Waals surface area contributed by atoms with Gasteiger partial charge >= 0.3 is 0 Å². The van der Waals surface area contributed by atoms with Crippen molar-refractivity contribution >= 4 is 11.6 Å². The van der Waals surface area contributed by atoms with Gasteiger partial charge in [-0.05, 0) is 71.6 Å². The minimum atomic E-state index is -0.113. The number of carbonyl (C=O) groups is 2. The summed E-state index contributed by atoms with van der Waals surface area (Å²) in [5.74, 6) is 0.584. The van der Waals surface area contributed by atoms with Crippen LogP contribution in [0.2, 0.25) is 0 Å². The third kappa shape index (κ3) is 5.65. The summed E-state index contributed by atoms with van der Waals surface area (Å²) in [7, 11) is 0. The van der Waals surface area contributed by atoms with Gasteiger partial charge in [0.2, 0.25) is 0 Å². The van der Waals surface area contributed by atoms with E-state index in [0.717, 1.165) is 25.7 Å². The Morgan fingerprint density at radius 2 is 1.58 bits per heavy atom. The molecule has 5 nitrogen and oxygen atoms in total. The first kappa shape index (κ1) is 21.1. The summed E-state index contributed by atoms with van der Waals surface area (Å²) in [4.78, 5) is 30.6. The minimum absolute atomic E-state index is 0.0247. The molecule has 0 saturated heterocycles.